The molecule has 0 saturated heterocycles. The molecule has 7 nitrogen and oxygen atoms in total. The number of aromatic amines is 2. The van der Waals surface area contributed by atoms with Crippen molar-refractivity contribution >= 4 is 0 Å². The van der Waals surface area contributed by atoms with Crippen molar-refractivity contribution in [2.24, 2.45) is 0 Å². The smallest absolute Gasteiger partial charge is 0.306 e. The van der Waals surface area contributed by atoms with E-state index in [9.17, 15) is 22.7 Å². The van der Waals surface area contributed by atoms with E-state index in [0.717, 1.165) is 24.0 Å². The molecule has 182 valence electrons. The number of H-pyrrole nitrogens is 2. The monoisotopic (exact) mass is 488 g/mol. The van der Waals surface area contributed by atoms with Crippen molar-refractivity contribution in [3.05, 3.63) is 89.9 Å². The maximum absolute atomic E-state index is 14.9. The minimum absolute atomic E-state index is 0.0347. The average molecular weight is 488 g/mol. The van der Waals surface area contributed by atoms with Gasteiger partial charge in [0.1, 0.15) is 54.7 Å². The number of hydrogen-bond donors (Lipinski definition) is 3. The average Bonchev–Trinajstić information content (AvgIpc) is 3.47. The van der Waals surface area contributed by atoms with Gasteiger partial charge in [0.05, 0.1) is 5.56 Å². The Morgan fingerprint density at radius 3 is 2.54 bits per heavy atom. The van der Waals surface area contributed by atoms with Crippen LogP contribution >= 0.6 is 0 Å². The van der Waals surface area contributed by atoms with Crippen LogP contribution in [0.3, 0.4) is 0 Å². The molecular weight excluding hydrogens is 464 g/mol. The fraction of sp³-hybridized carbons (Fsp3) is 0.292. The van der Waals surface area contributed by atoms with E-state index < -0.39 is 34.9 Å². The summed E-state index contributed by atoms with van der Waals surface area (Å²) in [5.74, 6) is -2.16. The zero-order chi connectivity index (χ0) is 24.7. The number of hydrogen-bond acceptors (Lipinski definition) is 3. The number of nitrogens with one attached hydrogen (secondary N) is 2. The van der Waals surface area contributed by atoms with Crippen LogP contribution < -0.4 is 9.25 Å². The first-order valence-electron chi connectivity index (χ1n) is 11.1. The molecule has 1 aliphatic rings. The molecule has 0 bridgehead atoms. The first kappa shape index (κ1) is 23.2. The van der Waals surface area contributed by atoms with Gasteiger partial charge in [-0.25, -0.2) is 27.1 Å². The Balaban J connectivity index is 1.46. The highest BCUT2D eigenvalue weighted by Crippen LogP contribution is 2.33. The van der Waals surface area contributed by atoms with Crippen molar-refractivity contribution in [1.82, 2.24) is 20.0 Å². The lowest BCUT2D eigenvalue weighted by Crippen LogP contribution is -2.60. The molecular formula is C24H24F4N6O+2. The van der Waals surface area contributed by atoms with Crippen molar-refractivity contribution < 1.29 is 31.9 Å². The van der Waals surface area contributed by atoms with E-state index in [1.165, 1.54) is 35.5 Å². The summed E-state index contributed by atoms with van der Waals surface area (Å²) in [6.07, 6.45) is 4.67. The number of aromatic nitrogens is 5. The van der Waals surface area contributed by atoms with E-state index in [0.29, 0.717) is 25.3 Å². The largest absolute Gasteiger partial charge is 0.379 e. The molecule has 0 saturated carbocycles. The normalized spacial score (nSPS) is 16.6. The number of imidazole rings is 1. The molecule has 0 unspecified atom stereocenters. The van der Waals surface area contributed by atoms with Crippen LogP contribution in [-0.4, -0.2) is 37.7 Å². The second kappa shape index (κ2) is 8.90. The Hall–Kier alpha value is -3.57. The van der Waals surface area contributed by atoms with Crippen LogP contribution in [0.25, 0.3) is 11.3 Å². The molecule has 0 amide bonds. The first-order valence-corrected chi connectivity index (χ1v) is 11.1. The minimum Gasteiger partial charge on any atom is -0.379 e. The van der Waals surface area contributed by atoms with E-state index in [1.807, 2.05) is 9.47 Å². The van der Waals surface area contributed by atoms with E-state index in [2.05, 4.69) is 15.1 Å². The van der Waals surface area contributed by atoms with Gasteiger partial charge in [0.15, 0.2) is 5.69 Å². The van der Waals surface area contributed by atoms with Gasteiger partial charge in [0.25, 0.3) is 5.82 Å². The summed E-state index contributed by atoms with van der Waals surface area (Å²) < 4.78 is 59.6. The van der Waals surface area contributed by atoms with Crippen LogP contribution in [0, 0.1) is 23.3 Å². The molecule has 35 heavy (non-hydrogen) atoms. The first-order chi connectivity index (χ1) is 16.7. The lowest BCUT2D eigenvalue weighted by atomic mass is 9.85. The molecule has 0 aliphatic carbocycles. The van der Waals surface area contributed by atoms with Gasteiger partial charge in [-0.3, -0.25) is 4.90 Å². The number of rotatable bonds is 6. The Labute approximate surface area is 198 Å². The molecule has 4 aromatic rings. The van der Waals surface area contributed by atoms with Crippen molar-refractivity contribution in [1.29, 1.82) is 0 Å². The molecule has 2 aromatic carbocycles. The van der Waals surface area contributed by atoms with E-state index in [-0.39, 0.29) is 17.7 Å². The Morgan fingerprint density at radius 1 is 1.11 bits per heavy atom. The highest BCUT2D eigenvalue weighted by Gasteiger charge is 2.45. The number of halogens is 4. The minimum atomic E-state index is -1.74. The van der Waals surface area contributed by atoms with Gasteiger partial charge in [-0.05, 0) is 30.1 Å². The van der Waals surface area contributed by atoms with Gasteiger partial charge in [0, 0.05) is 30.3 Å². The molecule has 3 N–H and O–H groups in total. The quantitative estimate of drug-likeness (QED) is 0.288. The van der Waals surface area contributed by atoms with Crippen LogP contribution in [0.2, 0.25) is 0 Å². The zero-order valence-corrected chi connectivity index (χ0v) is 18.8. The summed E-state index contributed by atoms with van der Waals surface area (Å²) in [6.45, 7) is 3.12. The third-order valence-corrected chi connectivity index (χ3v) is 6.66. The van der Waals surface area contributed by atoms with E-state index in [4.69, 9.17) is 0 Å². The molecule has 0 radical (unpaired) electrons. The zero-order valence-electron chi connectivity index (χ0n) is 18.8. The fourth-order valence-electron chi connectivity index (χ4n) is 4.69. The number of aliphatic hydroxyl groups is 1. The van der Waals surface area contributed by atoms with Gasteiger partial charge in [-0.15, -0.1) is 0 Å². The molecule has 5 rings (SSSR count). The third kappa shape index (κ3) is 4.32. The Morgan fingerprint density at radius 2 is 1.86 bits per heavy atom. The Kier molecular flexibility index (Phi) is 5.89. The van der Waals surface area contributed by atoms with Gasteiger partial charge < -0.3 is 5.11 Å². The number of nitrogens with zero attached hydrogens (tertiary/aromatic N) is 4. The summed E-state index contributed by atoms with van der Waals surface area (Å²) in [5, 5.41) is 14.7. The van der Waals surface area contributed by atoms with Gasteiger partial charge in [-0.1, -0.05) is 6.07 Å². The predicted octanol–water partition coefficient (Wildman–Crippen LogP) is 2.33. The molecule has 0 fully saturated rings. The summed E-state index contributed by atoms with van der Waals surface area (Å²) in [7, 11) is 0. The molecule has 0 spiro atoms. The van der Waals surface area contributed by atoms with Crippen LogP contribution in [0.5, 0.6) is 0 Å². The van der Waals surface area contributed by atoms with Crippen molar-refractivity contribution in [3.8, 4) is 11.3 Å². The number of fused-ring (bicyclic) bond motifs is 1. The molecule has 2 aromatic heterocycles. The second-order valence-corrected chi connectivity index (χ2v) is 8.78. The Bertz CT molecular complexity index is 1360. The second-order valence-electron chi connectivity index (χ2n) is 8.78. The molecule has 2 atom stereocenters. The van der Waals surface area contributed by atoms with Crippen molar-refractivity contribution in [2.45, 2.75) is 38.2 Å². The standard InChI is InChI=1S/C24H22F4N6O/c1-15(24(35,12-34-14-29-13-30-34)19-5-3-17(26)9-21(19)28)32-6-7-33-10-22(31-23(33)11-32)18-4-2-16(25)8-20(18)27/h2-5,8-10,13-15,35H,6-7,11-12H2,1H3/p+2/t15-,24-/m1/s1. The third-order valence-electron chi connectivity index (χ3n) is 6.66. The topological polar surface area (TPSA) is 75.7 Å². The van der Waals surface area contributed by atoms with E-state index >= 15 is 0 Å². The summed E-state index contributed by atoms with van der Waals surface area (Å²) in [5.41, 5.74) is -1.03. The fourth-order valence-corrected chi connectivity index (χ4v) is 4.69. The lowest BCUT2D eigenvalue weighted by Gasteiger charge is -2.40. The number of benzene rings is 2. The molecule has 1 aliphatic heterocycles. The summed E-state index contributed by atoms with van der Waals surface area (Å²) >= 11 is 0. The lowest BCUT2D eigenvalue weighted by molar-refractivity contribution is -0.765. The molecule has 3 heterocycles. The van der Waals surface area contributed by atoms with E-state index in [1.54, 1.807) is 13.1 Å². The van der Waals surface area contributed by atoms with Gasteiger partial charge in [-0.2, -0.15) is 9.78 Å². The van der Waals surface area contributed by atoms with Crippen LogP contribution in [0.15, 0.2) is 55.2 Å². The summed E-state index contributed by atoms with van der Waals surface area (Å²) in [6, 6.07) is 5.92. The maximum atomic E-state index is 14.9. The SMILES string of the molecule is C[C@@H](N1CC[n+]2cc(-c3ccc(F)cc3F)[nH]c2C1)[C@](O)(C[n+]1cnc[nH]1)c1ccc(F)cc1F. The predicted molar refractivity (Wildman–Crippen MR) is 115 cm³/mol. The highest BCUT2D eigenvalue weighted by molar-refractivity contribution is 5.58. The van der Waals surface area contributed by atoms with Crippen molar-refractivity contribution in [2.75, 3.05) is 6.54 Å². The van der Waals surface area contributed by atoms with Gasteiger partial charge >= 0.3 is 6.33 Å². The molecule has 11 heteroatoms. The van der Waals surface area contributed by atoms with Gasteiger partial charge in [0.2, 0.25) is 6.33 Å². The highest BCUT2D eigenvalue weighted by atomic mass is 19.1. The maximum Gasteiger partial charge on any atom is 0.306 e. The summed E-state index contributed by atoms with van der Waals surface area (Å²) in [4.78, 5) is 9.10. The van der Waals surface area contributed by atoms with Crippen LogP contribution in [0.1, 0.15) is 18.3 Å². The van der Waals surface area contributed by atoms with Crippen LogP contribution in [-0.2, 0) is 25.2 Å². The van der Waals surface area contributed by atoms with Crippen molar-refractivity contribution in [3.63, 3.8) is 0 Å². The van der Waals surface area contributed by atoms with Crippen LogP contribution in [0.4, 0.5) is 17.6 Å².